The molecule has 0 saturated carbocycles. The first-order chi connectivity index (χ1) is 8.66. The molecule has 0 aliphatic rings. The smallest absolute Gasteiger partial charge is 0.263 e. The topological polar surface area (TPSA) is 24.9 Å². The van der Waals surface area contributed by atoms with Gasteiger partial charge in [-0.1, -0.05) is 24.3 Å². The molecule has 1 heterocycles. The molecule has 0 atom stereocenters. The second-order valence-electron chi connectivity index (χ2n) is 4.03. The SMILES string of the molecule is Cc1ncccc1NCc1ccc(C(F)F)cc1. The van der Waals surface area contributed by atoms with Crippen LogP contribution >= 0.6 is 0 Å². The van der Waals surface area contributed by atoms with Crippen molar-refractivity contribution in [1.82, 2.24) is 4.98 Å². The van der Waals surface area contributed by atoms with Gasteiger partial charge in [0.05, 0.1) is 11.4 Å². The Labute approximate surface area is 105 Å². The Kier molecular flexibility index (Phi) is 3.87. The number of pyridine rings is 1. The number of benzene rings is 1. The maximum atomic E-state index is 12.4. The summed E-state index contributed by atoms with van der Waals surface area (Å²) in [4.78, 5) is 4.17. The second-order valence-corrected chi connectivity index (χ2v) is 4.03. The van der Waals surface area contributed by atoms with Crippen molar-refractivity contribution in [2.24, 2.45) is 0 Å². The van der Waals surface area contributed by atoms with E-state index in [0.29, 0.717) is 6.54 Å². The van der Waals surface area contributed by atoms with Crippen molar-refractivity contribution in [2.45, 2.75) is 19.9 Å². The minimum Gasteiger partial charge on any atom is -0.380 e. The lowest BCUT2D eigenvalue weighted by Crippen LogP contribution is -2.01. The molecular weight excluding hydrogens is 234 g/mol. The fourth-order valence-corrected chi connectivity index (χ4v) is 1.65. The van der Waals surface area contributed by atoms with E-state index in [-0.39, 0.29) is 5.56 Å². The quantitative estimate of drug-likeness (QED) is 0.886. The van der Waals surface area contributed by atoms with Gasteiger partial charge in [-0.15, -0.1) is 0 Å². The molecule has 0 amide bonds. The number of nitrogens with zero attached hydrogens (tertiary/aromatic N) is 1. The van der Waals surface area contributed by atoms with E-state index >= 15 is 0 Å². The summed E-state index contributed by atoms with van der Waals surface area (Å²) < 4.78 is 24.8. The van der Waals surface area contributed by atoms with Gasteiger partial charge in [0.15, 0.2) is 0 Å². The van der Waals surface area contributed by atoms with Gasteiger partial charge in [0.2, 0.25) is 0 Å². The van der Waals surface area contributed by atoms with Crippen molar-refractivity contribution in [3.8, 4) is 0 Å². The molecule has 2 rings (SSSR count). The van der Waals surface area contributed by atoms with Crippen LogP contribution in [0.4, 0.5) is 14.5 Å². The molecule has 94 valence electrons. The largest absolute Gasteiger partial charge is 0.380 e. The highest BCUT2D eigenvalue weighted by Crippen LogP contribution is 2.19. The van der Waals surface area contributed by atoms with Crippen LogP contribution in [0.3, 0.4) is 0 Å². The molecule has 1 aromatic heterocycles. The summed E-state index contributed by atoms with van der Waals surface area (Å²) >= 11 is 0. The molecule has 0 saturated heterocycles. The van der Waals surface area contributed by atoms with E-state index in [1.165, 1.54) is 12.1 Å². The van der Waals surface area contributed by atoms with Gasteiger partial charge in [-0.2, -0.15) is 0 Å². The summed E-state index contributed by atoms with van der Waals surface area (Å²) in [5.41, 5.74) is 2.89. The number of hydrogen-bond acceptors (Lipinski definition) is 2. The number of halogens is 2. The molecule has 0 fully saturated rings. The van der Waals surface area contributed by atoms with Gasteiger partial charge in [-0.3, -0.25) is 4.98 Å². The van der Waals surface area contributed by atoms with Crippen LogP contribution in [0, 0.1) is 6.92 Å². The van der Waals surface area contributed by atoms with Crippen molar-refractivity contribution in [3.05, 3.63) is 59.4 Å². The van der Waals surface area contributed by atoms with E-state index < -0.39 is 6.43 Å². The summed E-state index contributed by atoms with van der Waals surface area (Å²) in [6.07, 6.45) is -0.676. The standard InChI is InChI=1S/C14H14F2N2/c1-10-13(3-2-8-17-10)18-9-11-4-6-12(7-5-11)14(15)16/h2-8,14,18H,9H2,1H3. The number of nitrogens with one attached hydrogen (secondary N) is 1. The van der Waals surface area contributed by atoms with Crippen molar-refractivity contribution in [2.75, 3.05) is 5.32 Å². The molecule has 1 N–H and O–H groups in total. The van der Waals surface area contributed by atoms with E-state index in [9.17, 15) is 8.78 Å². The first-order valence-corrected chi connectivity index (χ1v) is 5.69. The van der Waals surface area contributed by atoms with Gasteiger partial charge in [0.25, 0.3) is 6.43 Å². The van der Waals surface area contributed by atoms with Crippen LogP contribution in [0.15, 0.2) is 42.6 Å². The lowest BCUT2D eigenvalue weighted by molar-refractivity contribution is 0.151. The van der Waals surface area contributed by atoms with Crippen LogP contribution < -0.4 is 5.32 Å². The molecule has 0 bridgehead atoms. The minimum absolute atomic E-state index is 0.0521. The Morgan fingerprint density at radius 3 is 2.50 bits per heavy atom. The molecule has 1 aromatic carbocycles. The molecule has 2 nitrogen and oxygen atoms in total. The van der Waals surface area contributed by atoms with Gasteiger partial charge in [-0.25, -0.2) is 8.78 Å². The molecule has 0 radical (unpaired) electrons. The minimum atomic E-state index is -2.41. The Morgan fingerprint density at radius 2 is 1.89 bits per heavy atom. The molecule has 0 aliphatic heterocycles. The molecule has 0 unspecified atom stereocenters. The molecule has 4 heteroatoms. The van der Waals surface area contributed by atoms with Crippen LogP contribution in [-0.4, -0.2) is 4.98 Å². The third-order valence-electron chi connectivity index (χ3n) is 2.72. The van der Waals surface area contributed by atoms with Gasteiger partial charge >= 0.3 is 0 Å². The van der Waals surface area contributed by atoms with E-state index in [4.69, 9.17) is 0 Å². The summed E-state index contributed by atoms with van der Waals surface area (Å²) in [6.45, 7) is 2.51. The Bertz CT molecular complexity index is 509. The number of aryl methyl sites for hydroxylation is 1. The van der Waals surface area contributed by atoms with Crippen LogP contribution in [0.1, 0.15) is 23.2 Å². The van der Waals surface area contributed by atoms with Gasteiger partial charge in [0.1, 0.15) is 0 Å². The number of aromatic nitrogens is 1. The lowest BCUT2D eigenvalue weighted by atomic mass is 10.1. The first kappa shape index (κ1) is 12.5. The van der Waals surface area contributed by atoms with Gasteiger partial charge in [-0.05, 0) is 24.6 Å². The zero-order chi connectivity index (χ0) is 13.0. The number of hydrogen-bond donors (Lipinski definition) is 1. The first-order valence-electron chi connectivity index (χ1n) is 5.69. The molecule has 18 heavy (non-hydrogen) atoms. The van der Waals surface area contributed by atoms with Gasteiger partial charge < -0.3 is 5.32 Å². The zero-order valence-electron chi connectivity index (χ0n) is 10.0. The van der Waals surface area contributed by atoms with Crippen molar-refractivity contribution < 1.29 is 8.78 Å². The fourth-order valence-electron chi connectivity index (χ4n) is 1.65. The van der Waals surface area contributed by atoms with E-state index in [1.807, 2.05) is 19.1 Å². The van der Waals surface area contributed by atoms with Gasteiger partial charge in [0, 0.05) is 18.3 Å². The Hall–Kier alpha value is -1.97. The second kappa shape index (κ2) is 5.58. The maximum Gasteiger partial charge on any atom is 0.263 e. The van der Waals surface area contributed by atoms with E-state index in [1.54, 1.807) is 18.3 Å². The fraction of sp³-hybridized carbons (Fsp3) is 0.214. The van der Waals surface area contributed by atoms with E-state index in [2.05, 4.69) is 10.3 Å². The van der Waals surface area contributed by atoms with E-state index in [0.717, 1.165) is 16.9 Å². The van der Waals surface area contributed by atoms with Crippen LogP contribution in [-0.2, 0) is 6.54 Å². The third-order valence-corrected chi connectivity index (χ3v) is 2.72. The van der Waals surface area contributed by atoms with Crippen LogP contribution in [0.5, 0.6) is 0 Å². The highest BCUT2D eigenvalue weighted by molar-refractivity contribution is 5.47. The molecule has 0 spiro atoms. The average molecular weight is 248 g/mol. The highest BCUT2D eigenvalue weighted by atomic mass is 19.3. The summed E-state index contributed by atoms with van der Waals surface area (Å²) in [5, 5.41) is 3.23. The summed E-state index contributed by atoms with van der Waals surface area (Å²) in [7, 11) is 0. The molecule has 2 aromatic rings. The van der Waals surface area contributed by atoms with Crippen LogP contribution in [0.2, 0.25) is 0 Å². The monoisotopic (exact) mass is 248 g/mol. The molecular formula is C14H14F2N2. The predicted molar refractivity (Wildman–Crippen MR) is 67.7 cm³/mol. The zero-order valence-corrected chi connectivity index (χ0v) is 10.0. The van der Waals surface area contributed by atoms with Crippen molar-refractivity contribution in [1.29, 1.82) is 0 Å². The maximum absolute atomic E-state index is 12.4. The normalized spacial score (nSPS) is 10.7. The summed E-state index contributed by atoms with van der Waals surface area (Å²) in [6, 6.07) is 10.1. The number of anilines is 1. The average Bonchev–Trinajstić information content (AvgIpc) is 2.38. The van der Waals surface area contributed by atoms with Crippen LogP contribution in [0.25, 0.3) is 0 Å². The lowest BCUT2D eigenvalue weighted by Gasteiger charge is -2.09. The Balaban J connectivity index is 2.00. The number of alkyl halides is 2. The van der Waals surface area contributed by atoms with Crippen molar-refractivity contribution in [3.63, 3.8) is 0 Å². The molecule has 0 aliphatic carbocycles. The summed E-state index contributed by atoms with van der Waals surface area (Å²) in [5.74, 6) is 0. The third kappa shape index (κ3) is 3.03. The predicted octanol–water partition coefficient (Wildman–Crippen LogP) is 3.94. The highest BCUT2D eigenvalue weighted by Gasteiger charge is 2.05. The number of rotatable bonds is 4. The van der Waals surface area contributed by atoms with Crippen molar-refractivity contribution >= 4 is 5.69 Å². The Morgan fingerprint density at radius 1 is 1.17 bits per heavy atom.